The lowest BCUT2D eigenvalue weighted by molar-refractivity contribution is 1.17. The molecule has 2 nitrogen and oxygen atoms in total. The van der Waals surface area contributed by atoms with Gasteiger partial charge in [-0.15, -0.1) is 0 Å². The monoisotopic (exact) mass is 556 g/mol. The van der Waals surface area contributed by atoms with Crippen LogP contribution in [0.15, 0.2) is 103 Å². The van der Waals surface area contributed by atoms with E-state index >= 15 is 0 Å². The highest BCUT2D eigenvalue weighted by Crippen LogP contribution is 2.40. The van der Waals surface area contributed by atoms with E-state index < -0.39 is 0 Å². The molecule has 0 saturated heterocycles. The van der Waals surface area contributed by atoms with Crippen LogP contribution in [-0.2, 0) is 0 Å². The average molecular weight is 557 g/mol. The van der Waals surface area contributed by atoms with E-state index in [9.17, 15) is 0 Å². The molecule has 6 rings (SSSR count). The van der Waals surface area contributed by atoms with Gasteiger partial charge in [-0.3, -0.25) is 0 Å². The van der Waals surface area contributed by atoms with Crippen molar-refractivity contribution in [3.8, 4) is 45.0 Å². The third-order valence-corrected chi connectivity index (χ3v) is 8.50. The Bertz CT molecular complexity index is 1490. The summed E-state index contributed by atoms with van der Waals surface area (Å²) in [6, 6.07) is 35.3. The SMILES string of the molecule is Clc1cc(-c2ccccc2)cc(-c2nc(-c3ccccc3)c3c(n2)-c2ccccc2C=I3)c1. The zero-order chi connectivity index (χ0) is 22.2. The zero-order valence-electron chi connectivity index (χ0n) is 17.5. The Hall–Kier alpha value is -3.15. The first-order valence-electron chi connectivity index (χ1n) is 10.7. The minimum absolute atomic E-state index is 0.350. The highest BCUT2D eigenvalue weighted by molar-refractivity contribution is 14.2. The van der Waals surface area contributed by atoms with Crippen molar-refractivity contribution < 1.29 is 0 Å². The molecule has 4 aromatic carbocycles. The van der Waals surface area contributed by atoms with Crippen LogP contribution in [0.25, 0.3) is 45.0 Å². The van der Waals surface area contributed by atoms with Gasteiger partial charge in [0.15, 0.2) is 5.82 Å². The lowest BCUT2D eigenvalue weighted by atomic mass is 10.0. The minimum atomic E-state index is -0.350. The first kappa shape index (κ1) is 20.5. The van der Waals surface area contributed by atoms with E-state index in [-0.39, 0.29) is 20.7 Å². The van der Waals surface area contributed by atoms with Crippen molar-refractivity contribution >= 4 is 36.3 Å². The second-order valence-electron chi connectivity index (χ2n) is 7.82. The molecule has 158 valence electrons. The molecule has 5 aromatic rings. The molecule has 1 aromatic heterocycles. The molecule has 33 heavy (non-hydrogen) atoms. The van der Waals surface area contributed by atoms with E-state index in [1.807, 2.05) is 36.4 Å². The molecule has 0 fully saturated rings. The van der Waals surface area contributed by atoms with Gasteiger partial charge >= 0.3 is 0 Å². The molecule has 2 heterocycles. The second-order valence-corrected chi connectivity index (χ2v) is 10.6. The third-order valence-electron chi connectivity index (χ3n) is 5.66. The van der Waals surface area contributed by atoms with Crippen LogP contribution in [-0.4, -0.2) is 14.0 Å². The molecule has 0 saturated carbocycles. The summed E-state index contributed by atoms with van der Waals surface area (Å²) in [4.78, 5) is 10.2. The molecule has 0 aliphatic carbocycles. The van der Waals surface area contributed by atoms with Gasteiger partial charge < -0.3 is 0 Å². The number of aromatic nitrogens is 2. The quantitative estimate of drug-likeness (QED) is 0.206. The summed E-state index contributed by atoms with van der Waals surface area (Å²) in [5, 5.41) is 0.676. The van der Waals surface area contributed by atoms with Crippen LogP contribution in [0.4, 0.5) is 0 Å². The standard InChI is InChI=1S/C29H18ClIN2/c30-24-16-22(19-9-3-1-4-10-19)15-23(17-24)29-32-27(20-11-5-2-6-12-20)26-28(33-29)25-14-8-7-13-21(25)18-31-26/h1-18H. The first-order valence-corrected chi connectivity index (χ1v) is 13.4. The molecule has 0 unspecified atom stereocenters. The molecule has 0 amide bonds. The van der Waals surface area contributed by atoms with Crippen LogP contribution < -0.4 is 0 Å². The van der Waals surface area contributed by atoms with E-state index in [1.54, 1.807) is 0 Å². The number of fused-ring (bicyclic) bond motifs is 3. The van der Waals surface area contributed by atoms with Crippen molar-refractivity contribution in [2.75, 3.05) is 0 Å². The first-order chi connectivity index (χ1) is 16.3. The summed E-state index contributed by atoms with van der Waals surface area (Å²) < 4.78 is 3.64. The lowest BCUT2D eigenvalue weighted by Crippen LogP contribution is -2.04. The van der Waals surface area contributed by atoms with Gasteiger partial charge in [0.25, 0.3) is 0 Å². The van der Waals surface area contributed by atoms with Gasteiger partial charge in [0, 0.05) is 21.7 Å². The fourth-order valence-corrected chi connectivity index (χ4v) is 6.94. The van der Waals surface area contributed by atoms with Gasteiger partial charge in [-0.05, 0) is 38.9 Å². The summed E-state index contributed by atoms with van der Waals surface area (Å²) in [5.74, 6) is 0.702. The summed E-state index contributed by atoms with van der Waals surface area (Å²) in [6.07, 6.45) is 0. The maximum Gasteiger partial charge on any atom is 0.160 e. The van der Waals surface area contributed by atoms with Gasteiger partial charge in [0.1, 0.15) is 0 Å². The molecule has 0 bridgehead atoms. The Labute approximate surface area is 207 Å². The highest BCUT2D eigenvalue weighted by atomic mass is 127. The largest absolute Gasteiger partial charge is 0.227 e. The van der Waals surface area contributed by atoms with Crippen molar-refractivity contribution in [1.82, 2.24) is 9.97 Å². The number of nitrogens with zero attached hydrogens (tertiary/aromatic N) is 2. The number of halogens is 2. The maximum atomic E-state index is 6.58. The van der Waals surface area contributed by atoms with Crippen LogP contribution in [0.2, 0.25) is 5.02 Å². The molecule has 1 aliphatic rings. The predicted molar refractivity (Wildman–Crippen MR) is 147 cm³/mol. The van der Waals surface area contributed by atoms with E-state index in [1.165, 1.54) is 14.7 Å². The zero-order valence-corrected chi connectivity index (χ0v) is 20.5. The van der Waals surface area contributed by atoms with Crippen LogP contribution in [0.5, 0.6) is 0 Å². The van der Waals surface area contributed by atoms with Gasteiger partial charge in [-0.25, -0.2) is 9.97 Å². The number of rotatable bonds is 3. The smallest absolute Gasteiger partial charge is 0.160 e. The Morgan fingerprint density at radius 1 is 0.576 bits per heavy atom. The molecule has 0 radical (unpaired) electrons. The highest BCUT2D eigenvalue weighted by Gasteiger charge is 2.21. The van der Waals surface area contributed by atoms with E-state index in [0.29, 0.717) is 10.8 Å². The van der Waals surface area contributed by atoms with Crippen molar-refractivity contribution in [2.45, 2.75) is 0 Å². The summed E-state index contributed by atoms with van der Waals surface area (Å²) in [7, 11) is 0. The van der Waals surface area contributed by atoms with Gasteiger partial charge in [0.2, 0.25) is 0 Å². The van der Waals surface area contributed by atoms with E-state index in [0.717, 1.165) is 33.6 Å². The summed E-state index contributed by atoms with van der Waals surface area (Å²) in [5.41, 5.74) is 8.72. The van der Waals surface area contributed by atoms with Crippen LogP contribution >= 0.6 is 32.3 Å². The number of hydrogen-bond donors (Lipinski definition) is 0. The molecule has 1 aliphatic heterocycles. The van der Waals surface area contributed by atoms with Crippen molar-refractivity contribution in [2.24, 2.45) is 0 Å². The normalized spacial score (nSPS) is 11.9. The minimum Gasteiger partial charge on any atom is -0.227 e. The number of benzene rings is 4. The van der Waals surface area contributed by atoms with Gasteiger partial charge in [-0.1, -0.05) is 117 Å². The van der Waals surface area contributed by atoms with Crippen molar-refractivity contribution in [3.63, 3.8) is 0 Å². The molecule has 4 heteroatoms. The molecule has 0 spiro atoms. The second kappa shape index (κ2) is 8.65. The fraction of sp³-hybridized carbons (Fsp3) is 0. The summed E-state index contributed by atoms with van der Waals surface area (Å²) in [6.45, 7) is 0. The topological polar surface area (TPSA) is 25.8 Å². The Morgan fingerprint density at radius 3 is 2.00 bits per heavy atom. The Balaban J connectivity index is 1.61. The Kier molecular flexibility index (Phi) is 5.36. The molecular formula is C29H18ClIN2. The third kappa shape index (κ3) is 3.92. The van der Waals surface area contributed by atoms with E-state index in [2.05, 4.69) is 70.7 Å². The average Bonchev–Trinajstić information content (AvgIpc) is 2.88. The molecule has 0 atom stereocenters. The predicted octanol–water partition coefficient (Wildman–Crippen LogP) is 8.10. The maximum absolute atomic E-state index is 6.58. The van der Waals surface area contributed by atoms with Crippen LogP contribution in [0, 0.1) is 3.57 Å². The lowest BCUT2D eigenvalue weighted by Gasteiger charge is -2.18. The van der Waals surface area contributed by atoms with Crippen LogP contribution in [0.1, 0.15) is 5.56 Å². The van der Waals surface area contributed by atoms with Gasteiger partial charge in [0.05, 0.1) is 15.0 Å². The van der Waals surface area contributed by atoms with Crippen molar-refractivity contribution in [3.05, 3.63) is 117 Å². The van der Waals surface area contributed by atoms with E-state index in [4.69, 9.17) is 21.6 Å². The summed E-state index contributed by atoms with van der Waals surface area (Å²) >= 11 is 6.23. The Morgan fingerprint density at radius 2 is 1.21 bits per heavy atom. The van der Waals surface area contributed by atoms with Crippen LogP contribution in [0.3, 0.4) is 0 Å². The fourth-order valence-electron chi connectivity index (χ4n) is 4.08. The van der Waals surface area contributed by atoms with Crippen molar-refractivity contribution in [1.29, 1.82) is 0 Å². The van der Waals surface area contributed by atoms with Gasteiger partial charge in [-0.2, -0.15) is 0 Å². The molecule has 0 N–H and O–H groups in total. The number of hydrogen-bond acceptors (Lipinski definition) is 2. The molecular weight excluding hydrogens is 539 g/mol.